The number of carbonyl (C=O) groups is 1. The molecule has 88 valence electrons. The van der Waals surface area contributed by atoms with Gasteiger partial charge in [0.15, 0.2) is 0 Å². The number of rotatable bonds is 6. The van der Waals surface area contributed by atoms with E-state index in [2.05, 4.69) is 5.32 Å². The summed E-state index contributed by atoms with van der Waals surface area (Å²) in [7, 11) is 0. The van der Waals surface area contributed by atoms with Crippen LogP contribution in [0.4, 0.5) is 0 Å². The first kappa shape index (κ1) is 12.7. The zero-order valence-electron chi connectivity index (χ0n) is 9.90. The monoisotopic (exact) mass is 221 g/mol. The molecule has 0 saturated carbocycles. The largest absolute Gasteiger partial charge is 0.376 e. The van der Waals surface area contributed by atoms with Crippen LogP contribution in [0.5, 0.6) is 0 Å². The van der Waals surface area contributed by atoms with E-state index < -0.39 is 0 Å². The maximum atomic E-state index is 11.3. The Hall–Kier alpha value is -1.35. The minimum absolute atomic E-state index is 0.0445. The molecule has 0 spiro atoms. The van der Waals surface area contributed by atoms with E-state index in [4.69, 9.17) is 4.74 Å². The Bertz CT molecular complexity index is 309. The van der Waals surface area contributed by atoms with Crippen molar-refractivity contribution in [3.05, 3.63) is 35.9 Å². The Morgan fingerprint density at radius 1 is 1.31 bits per heavy atom. The van der Waals surface area contributed by atoms with Gasteiger partial charge in [-0.05, 0) is 19.4 Å². The van der Waals surface area contributed by atoms with Crippen LogP contribution in [0.1, 0.15) is 25.8 Å². The van der Waals surface area contributed by atoms with Crippen molar-refractivity contribution in [2.45, 2.75) is 32.9 Å². The molecular weight excluding hydrogens is 202 g/mol. The molecule has 0 radical (unpaired) electrons. The van der Waals surface area contributed by atoms with Gasteiger partial charge in [-0.2, -0.15) is 0 Å². The van der Waals surface area contributed by atoms with Crippen LogP contribution in [0.2, 0.25) is 0 Å². The van der Waals surface area contributed by atoms with Gasteiger partial charge in [0.05, 0.1) is 13.2 Å². The number of benzene rings is 1. The Labute approximate surface area is 96.8 Å². The Balaban J connectivity index is 2.10. The smallest absolute Gasteiger partial charge is 0.222 e. The lowest BCUT2D eigenvalue weighted by Gasteiger charge is -2.08. The zero-order valence-corrected chi connectivity index (χ0v) is 9.90. The second kappa shape index (κ2) is 7.01. The van der Waals surface area contributed by atoms with E-state index in [0.717, 1.165) is 5.56 Å². The predicted molar refractivity (Wildman–Crippen MR) is 64.0 cm³/mol. The number of hydrogen-bond donors (Lipinski definition) is 1. The zero-order chi connectivity index (χ0) is 11.8. The topological polar surface area (TPSA) is 38.3 Å². The first-order chi connectivity index (χ1) is 7.68. The summed E-state index contributed by atoms with van der Waals surface area (Å²) in [5, 5.41) is 2.82. The van der Waals surface area contributed by atoms with Gasteiger partial charge in [-0.3, -0.25) is 4.79 Å². The standard InChI is InChI=1S/C13H19NO2/c1-11(2)14-13(15)8-9-16-10-12-6-4-3-5-7-12/h3-7,11H,8-10H2,1-2H3,(H,14,15). The third-order valence-electron chi connectivity index (χ3n) is 2.03. The molecule has 1 N–H and O–H groups in total. The van der Waals surface area contributed by atoms with Gasteiger partial charge in [0, 0.05) is 12.5 Å². The van der Waals surface area contributed by atoms with Gasteiger partial charge in [-0.25, -0.2) is 0 Å². The van der Waals surface area contributed by atoms with Gasteiger partial charge in [-0.15, -0.1) is 0 Å². The molecular formula is C13H19NO2. The van der Waals surface area contributed by atoms with E-state index >= 15 is 0 Å². The highest BCUT2D eigenvalue weighted by atomic mass is 16.5. The molecule has 0 heterocycles. The van der Waals surface area contributed by atoms with Crippen LogP contribution in [-0.2, 0) is 16.1 Å². The van der Waals surface area contributed by atoms with E-state index in [-0.39, 0.29) is 11.9 Å². The van der Waals surface area contributed by atoms with Crippen LogP contribution in [0.3, 0.4) is 0 Å². The summed E-state index contributed by atoms with van der Waals surface area (Å²) in [6.45, 7) is 4.93. The lowest BCUT2D eigenvalue weighted by molar-refractivity contribution is -0.122. The molecule has 16 heavy (non-hydrogen) atoms. The summed E-state index contributed by atoms with van der Waals surface area (Å²) in [5.41, 5.74) is 1.13. The second-order valence-electron chi connectivity index (χ2n) is 4.01. The summed E-state index contributed by atoms with van der Waals surface area (Å²) >= 11 is 0. The van der Waals surface area contributed by atoms with E-state index in [1.807, 2.05) is 44.2 Å². The molecule has 0 aliphatic rings. The molecule has 1 amide bonds. The van der Waals surface area contributed by atoms with Crippen molar-refractivity contribution in [1.82, 2.24) is 5.32 Å². The summed E-state index contributed by atoms with van der Waals surface area (Å²) < 4.78 is 5.41. The average molecular weight is 221 g/mol. The van der Waals surface area contributed by atoms with Crippen molar-refractivity contribution in [3.8, 4) is 0 Å². The van der Waals surface area contributed by atoms with Gasteiger partial charge in [-0.1, -0.05) is 30.3 Å². The fourth-order valence-electron chi connectivity index (χ4n) is 1.32. The molecule has 1 aromatic rings. The normalized spacial score (nSPS) is 10.4. The maximum absolute atomic E-state index is 11.3. The number of ether oxygens (including phenoxy) is 1. The molecule has 0 unspecified atom stereocenters. The molecule has 1 rings (SSSR count). The number of amides is 1. The van der Waals surface area contributed by atoms with Crippen molar-refractivity contribution in [2.24, 2.45) is 0 Å². The van der Waals surface area contributed by atoms with Crippen LogP contribution in [0, 0.1) is 0 Å². The van der Waals surface area contributed by atoms with Crippen molar-refractivity contribution in [2.75, 3.05) is 6.61 Å². The fraction of sp³-hybridized carbons (Fsp3) is 0.462. The summed E-state index contributed by atoms with van der Waals surface area (Å²) in [6.07, 6.45) is 0.422. The summed E-state index contributed by atoms with van der Waals surface area (Å²) in [6, 6.07) is 10.1. The third-order valence-corrected chi connectivity index (χ3v) is 2.03. The molecule has 0 aliphatic heterocycles. The molecule has 0 fully saturated rings. The maximum Gasteiger partial charge on any atom is 0.222 e. The fourth-order valence-corrected chi connectivity index (χ4v) is 1.32. The van der Waals surface area contributed by atoms with Crippen LogP contribution < -0.4 is 5.32 Å². The highest BCUT2D eigenvalue weighted by Gasteiger charge is 2.02. The van der Waals surface area contributed by atoms with Crippen molar-refractivity contribution in [1.29, 1.82) is 0 Å². The van der Waals surface area contributed by atoms with Gasteiger partial charge in [0.2, 0.25) is 5.91 Å². The second-order valence-corrected chi connectivity index (χ2v) is 4.01. The first-order valence-corrected chi connectivity index (χ1v) is 5.59. The molecule has 0 saturated heterocycles. The van der Waals surface area contributed by atoms with E-state index in [1.54, 1.807) is 0 Å². The first-order valence-electron chi connectivity index (χ1n) is 5.59. The quantitative estimate of drug-likeness (QED) is 0.747. The molecule has 1 aromatic carbocycles. The summed E-state index contributed by atoms with van der Waals surface area (Å²) in [4.78, 5) is 11.3. The lowest BCUT2D eigenvalue weighted by atomic mass is 10.2. The van der Waals surface area contributed by atoms with Gasteiger partial charge >= 0.3 is 0 Å². The Morgan fingerprint density at radius 3 is 2.62 bits per heavy atom. The SMILES string of the molecule is CC(C)NC(=O)CCOCc1ccccc1. The highest BCUT2D eigenvalue weighted by molar-refractivity contribution is 5.76. The molecule has 0 bridgehead atoms. The Kier molecular flexibility index (Phi) is 5.57. The highest BCUT2D eigenvalue weighted by Crippen LogP contribution is 2.00. The average Bonchev–Trinajstić information content (AvgIpc) is 2.25. The van der Waals surface area contributed by atoms with Crippen LogP contribution in [0.25, 0.3) is 0 Å². The number of nitrogens with one attached hydrogen (secondary N) is 1. The lowest BCUT2D eigenvalue weighted by Crippen LogP contribution is -2.30. The number of hydrogen-bond acceptors (Lipinski definition) is 2. The molecule has 0 aromatic heterocycles. The van der Waals surface area contributed by atoms with E-state index in [0.29, 0.717) is 19.6 Å². The van der Waals surface area contributed by atoms with Gasteiger partial charge in [0.1, 0.15) is 0 Å². The van der Waals surface area contributed by atoms with Gasteiger partial charge < -0.3 is 10.1 Å². The number of carbonyl (C=O) groups excluding carboxylic acids is 1. The molecule has 0 aliphatic carbocycles. The van der Waals surface area contributed by atoms with Crippen molar-refractivity contribution in [3.63, 3.8) is 0 Å². The van der Waals surface area contributed by atoms with Crippen LogP contribution in [0.15, 0.2) is 30.3 Å². The van der Waals surface area contributed by atoms with Crippen LogP contribution in [-0.4, -0.2) is 18.6 Å². The summed E-state index contributed by atoms with van der Waals surface area (Å²) in [5.74, 6) is 0.0445. The Morgan fingerprint density at radius 2 is 2.00 bits per heavy atom. The molecule has 3 heteroatoms. The third kappa shape index (κ3) is 5.51. The van der Waals surface area contributed by atoms with Gasteiger partial charge in [0.25, 0.3) is 0 Å². The van der Waals surface area contributed by atoms with E-state index in [1.165, 1.54) is 0 Å². The predicted octanol–water partition coefficient (Wildman–Crippen LogP) is 2.12. The molecule has 3 nitrogen and oxygen atoms in total. The molecule has 0 atom stereocenters. The minimum atomic E-state index is 0.0445. The van der Waals surface area contributed by atoms with Crippen molar-refractivity contribution < 1.29 is 9.53 Å². The minimum Gasteiger partial charge on any atom is -0.376 e. The van der Waals surface area contributed by atoms with Crippen molar-refractivity contribution >= 4 is 5.91 Å². The van der Waals surface area contributed by atoms with Crippen LogP contribution >= 0.6 is 0 Å². The van der Waals surface area contributed by atoms with E-state index in [9.17, 15) is 4.79 Å².